The zero-order valence-electron chi connectivity index (χ0n) is 12.2. The Morgan fingerprint density at radius 3 is 2.74 bits per heavy atom. The summed E-state index contributed by atoms with van der Waals surface area (Å²) >= 11 is 3.31. The van der Waals surface area contributed by atoms with Gasteiger partial charge in [-0.05, 0) is 23.8 Å². The zero-order chi connectivity index (χ0) is 16.2. The van der Waals surface area contributed by atoms with Gasteiger partial charge in [-0.15, -0.1) is 0 Å². The standard InChI is InChI=1S/C18H14BrNO3/c19-14-5-3-4-12(8-14)17(21)11-23-18(22)9-13-10-20-16-7-2-1-6-15(13)16/h1-8,10,20H,9,11H2. The van der Waals surface area contributed by atoms with Crippen LogP contribution < -0.4 is 0 Å². The minimum atomic E-state index is -0.418. The number of benzene rings is 2. The predicted octanol–water partition coefficient (Wildman–Crippen LogP) is 3.90. The van der Waals surface area contributed by atoms with Gasteiger partial charge in [0, 0.05) is 27.1 Å². The minimum absolute atomic E-state index is 0.135. The van der Waals surface area contributed by atoms with Crippen molar-refractivity contribution in [1.82, 2.24) is 4.98 Å². The molecule has 0 bridgehead atoms. The van der Waals surface area contributed by atoms with Crippen molar-refractivity contribution in [3.05, 3.63) is 70.3 Å². The second-order valence-electron chi connectivity index (χ2n) is 5.13. The van der Waals surface area contributed by atoms with Gasteiger partial charge in [0.05, 0.1) is 6.42 Å². The van der Waals surface area contributed by atoms with E-state index in [1.807, 2.05) is 30.3 Å². The van der Waals surface area contributed by atoms with Gasteiger partial charge >= 0.3 is 5.97 Å². The fraction of sp³-hybridized carbons (Fsp3) is 0.111. The molecule has 0 aliphatic rings. The summed E-state index contributed by atoms with van der Waals surface area (Å²) in [6.07, 6.45) is 1.93. The van der Waals surface area contributed by atoms with Crippen molar-refractivity contribution in [3.63, 3.8) is 0 Å². The molecule has 2 aromatic carbocycles. The highest BCUT2D eigenvalue weighted by Gasteiger charge is 2.13. The summed E-state index contributed by atoms with van der Waals surface area (Å²) in [7, 11) is 0. The van der Waals surface area contributed by atoms with Gasteiger partial charge in [-0.2, -0.15) is 0 Å². The number of hydrogen-bond acceptors (Lipinski definition) is 3. The first kappa shape index (κ1) is 15.5. The first-order valence-corrected chi connectivity index (χ1v) is 7.92. The van der Waals surface area contributed by atoms with Crippen LogP contribution in [0.15, 0.2) is 59.2 Å². The molecule has 0 fully saturated rings. The normalized spacial score (nSPS) is 10.7. The van der Waals surface area contributed by atoms with Crippen LogP contribution in [0.25, 0.3) is 10.9 Å². The van der Waals surface area contributed by atoms with E-state index >= 15 is 0 Å². The molecule has 23 heavy (non-hydrogen) atoms. The van der Waals surface area contributed by atoms with Crippen LogP contribution in [0.3, 0.4) is 0 Å². The lowest BCUT2D eigenvalue weighted by atomic mass is 10.1. The second kappa shape index (κ2) is 6.79. The van der Waals surface area contributed by atoms with E-state index in [0.29, 0.717) is 5.56 Å². The zero-order valence-corrected chi connectivity index (χ0v) is 13.8. The number of ether oxygens (including phenoxy) is 1. The van der Waals surface area contributed by atoms with E-state index in [0.717, 1.165) is 20.9 Å². The lowest BCUT2D eigenvalue weighted by Gasteiger charge is -2.04. The smallest absolute Gasteiger partial charge is 0.310 e. The maximum Gasteiger partial charge on any atom is 0.310 e. The lowest BCUT2D eigenvalue weighted by Crippen LogP contribution is -2.15. The van der Waals surface area contributed by atoms with Gasteiger partial charge in [-0.3, -0.25) is 9.59 Å². The van der Waals surface area contributed by atoms with Crippen LogP contribution >= 0.6 is 15.9 Å². The van der Waals surface area contributed by atoms with Crippen LogP contribution in [0, 0.1) is 0 Å². The number of rotatable bonds is 5. The Bertz CT molecular complexity index is 869. The summed E-state index contributed by atoms with van der Waals surface area (Å²) in [4.78, 5) is 27.1. The molecule has 0 saturated heterocycles. The number of carbonyl (C=O) groups is 2. The summed E-state index contributed by atoms with van der Waals surface area (Å²) in [6.45, 7) is -0.252. The van der Waals surface area contributed by atoms with Crippen LogP contribution in [0.2, 0.25) is 0 Å². The van der Waals surface area contributed by atoms with Crippen LogP contribution in [-0.4, -0.2) is 23.3 Å². The van der Waals surface area contributed by atoms with Crippen molar-refractivity contribution in [1.29, 1.82) is 0 Å². The molecular weight excluding hydrogens is 358 g/mol. The molecule has 0 amide bonds. The van der Waals surface area contributed by atoms with Crippen LogP contribution in [-0.2, 0) is 16.0 Å². The number of H-pyrrole nitrogens is 1. The number of esters is 1. The van der Waals surface area contributed by atoms with E-state index in [4.69, 9.17) is 4.74 Å². The van der Waals surface area contributed by atoms with Gasteiger partial charge < -0.3 is 9.72 Å². The monoisotopic (exact) mass is 371 g/mol. The van der Waals surface area contributed by atoms with Gasteiger partial charge in [0.1, 0.15) is 0 Å². The third kappa shape index (κ3) is 3.68. The number of aromatic nitrogens is 1. The Labute approximate surface area is 141 Å². The number of ketones is 1. The van der Waals surface area contributed by atoms with E-state index in [9.17, 15) is 9.59 Å². The third-order valence-electron chi connectivity index (χ3n) is 3.52. The van der Waals surface area contributed by atoms with E-state index in [1.54, 1.807) is 24.4 Å². The first-order chi connectivity index (χ1) is 11.1. The molecule has 1 heterocycles. The van der Waals surface area contributed by atoms with Gasteiger partial charge in [-0.25, -0.2) is 0 Å². The number of hydrogen-bond donors (Lipinski definition) is 1. The molecule has 0 radical (unpaired) electrons. The van der Waals surface area contributed by atoms with E-state index < -0.39 is 5.97 Å². The fourth-order valence-electron chi connectivity index (χ4n) is 2.38. The maximum atomic E-state index is 12.0. The van der Waals surface area contributed by atoms with Gasteiger partial charge in [0.15, 0.2) is 12.4 Å². The Hall–Kier alpha value is -2.40. The highest BCUT2D eigenvalue weighted by atomic mass is 79.9. The predicted molar refractivity (Wildman–Crippen MR) is 91.4 cm³/mol. The summed E-state index contributed by atoms with van der Waals surface area (Å²) in [5.41, 5.74) is 2.35. The van der Waals surface area contributed by atoms with E-state index in [2.05, 4.69) is 20.9 Å². The van der Waals surface area contributed by atoms with Crippen molar-refractivity contribution < 1.29 is 14.3 Å². The topological polar surface area (TPSA) is 59.2 Å². The van der Waals surface area contributed by atoms with Gasteiger partial charge in [-0.1, -0.05) is 46.3 Å². The molecular formula is C18H14BrNO3. The number of aromatic amines is 1. The largest absolute Gasteiger partial charge is 0.457 e. The molecule has 116 valence electrons. The summed E-state index contributed by atoms with van der Waals surface area (Å²) in [5.74, 6) is -0.642. The second-order valence-corrected chi connectivity index (χ2v) is 6.05. The van der Waals surface area contributed by atoms with Crippen molar-refractivity contribution in [2.45, 2.75) is 6.42 Å². The summed E-state index contributed by atoms with van der Waals surface area (Å²) in [6, 6.07) is 14.7. The molecule has 0 unspecified atom stereocenters. The Morgan fingerprint density at radius 2 is 1.91 bits per heavy atom. The molecule has 0 aliphatic heterocycles. The number of fused-ring (bicyclic) bond motifs is 1. The van der Waals surface area contributed by atoms with E-state index in [1.165, 1.54) is 0 Å². The fourth-order valence-corrected chi connectivity index (χ4v) is 2.77. The number of Topliss-reactive ketones (excluding diaryl/α,β-unsaturated/α-hetero) is 1. The average molecular weight is 372 g/mol. The van der Waals surface area contributed by atoms with Gasteiger partial charge in [0.2, 0.25) is 0 Å². The molecule has 5 heteroatoms. The highest BCUT2D eigenvalue weighted by Crippen LogP contribution is 2.18. The van der Waals surface area contributed by atoms with Crippen LogP contribution in [0.1, 0.15) is 15.9 Å². The SMILES string of the molecule is O=C(Cc1c[nH]c2ccccc12)OCC(=O)c1cccc(Br)c1. The molecule has 3 aromatic rings. The maximum absolute atomic E-state index is 12.0. The molecule has 0 saturated carbocycles. The molecule has 0 aliphatic carbocycles. The Balaban J connectivity index is 1.60. The Morgan fingerprint density at radius 1 is 1.09 bits per heavy atom. The number of para-hydroxylation sites is 1. The molecule has 0 atom stereocenters. The van der Waals surface area contributed by atoms with Crippen molar-refractivity contribution >= 4 is 38.6 Å². The third-order valence-corrected chi connectivity index (χ3v) is 4.01. The quantitative estimate of drug-likeness (QED) is 0.546. The molecule has 3 rings (SSSR count). The molecule has 1 aromatic heterocycles. The van der Waals surface area contributed by atoms with Gasteiger partial charge in [0.25, 0.3) is 0 Å². The summed E-state index contributed by atoms with van der Waals surface area (Å²) < 4.78 is 5.92. The van der Waals surface area contributed by atoms with E-state index in [-0.39, 0.29) is 18.8 Å². The molecule has 0 spiro atoms. The number of halogens is 1. The summed E-state index contributed by atoms with van der Waals surface area (Å²) in [5, 5.41) is 0.989. The van der Waals surface area contributed by atoms with Crippen molar-refractivity contribution in [2.24, 2.45) is 0 Å². The average Bonchev–Trinajstić information content (AvgIpc) is 2.96. The van der Waals surface area contributed by atoms with Crippen LogP contribution in [0.5, 0.6) is 0 Å². The van der Waals surface area contributed by atoms with Crippen molar-refractivity contribution in [3.8, 4) is 0 Å². The minimum Gasteiger partial charge on any atom is -0.457 e. The lowest BCUT2D eigenvalue weighted by molar-refractivity contribution is -0.141. The number of carbonyl (C=O) groups excluding carboxylic acids is 2. The van der Waals surface area contributed by atoms with Crippen LogP contribution in [0.4, 0.5) is 0 Å². The molecule has 4 nitrogen and oxygen atoms in total. The highest BCUT2D eigenvalue weighted by molar-refractivity contribution is 9.10. The first-order valence-electron chi connectivity index (χ1n) is 7.13. The van der Waals surface area contributed by atoms with Crippen molar-refractivity contribution in [2.75, 3.05) is 6.61 Å². The number of nitrogens with one attached hydrogen (secondary N) is 1. The molecule has 1 N–H and O–H groups in total. The Kier molecular flexibility index (Phi) is 4.57.